The van der Waals surface area contributed by atoms with Crippen LogP contribution in [-0.2, 0) is 25.5 Å². The van der Waals surface area contributed by atoms with E-state index >= 15 is 0 Å². The van der Waals surface area contributed by atoms with E-state index < -0.39 is 54.0 Å². The summed E-state index contributed by atoms with van der Waals surface area (Å²) in [6, 6.07) is 17.9. The van der Waals surface area contributed by atoms with E-state index in [1.54, 1.807) is 40.7 Å². The van der Waals surface area contributed by atoms with Gasteiger partial charge in [0, 0.05) is 11.7 Å². The Hall–Kier alpha value is -4.40. The summed E-state index contributed by atoms with van der Waals surface area (Å²) in [6.45, 7) is 10.6. The minimum Gasteiger partial charge on any atom is -0.444 e. The highest BCUT2D eigenvalue weighted by atomic mass is 16.6. The average molecular weight is 561 g/mol. The summed E-state index contributed by atoms with van der Waals surface area (Å²) >= 11 is 0. The Morgan fingerprint density at radius 3 is 2.12 bits per heavy atom. The number of carbonyl (C=O) groups is 4. The number of hydrogen-bond acceptors (Lipinski definition) is 5. The van der Waals surface area contributed by atoms with Gasteiger partial charge in [-0.3, -0.25) is 14.4 Å². The van der Waals surface area contributed by atoms with Gasteiger partial charge in [0.05, 0.1) is 6.42 Å². The molecule has 3 aromatic rings. The summed E-state index contributed by atoms with van der Waals surface area (Å²) in [4.78, 5) is 54.0. The predicted molar refractivity (Wildman–Crippen MR) is 160 cm³/mol. The molecule has 4 amide bonds. The van der Waals surface area contributed by atoms with Crippen molar-refractivity contribution in [1.82, 2.24) is 10.2 Å². The fourth-order valence-corrected chi connectivity index (χ4v) is 4.56. The third-order valence-electron chi connectivity index (χ3n) is 6.45. The number of carbonyl (C=O) groups excluding carboxylic acids is 4. The first-order valence-corrected chi connectivity index (χ1v) is 13.8. The largest absolute Gasteiger partial charge is 0.444 e. The maximum Gasteiger partial charge on any atom is 0.408 e. The van der Waals surface area contributed by atoms with Gasteiger partial charge >= 0.3 is 6.09 Å². The standard InChI is InChI=1S/C32H40N4O5/c1-7-21-12-14-23(15-13-21)28(29(38)34-25-17-16-22-10-8-9-11-24(22)18-25)36(20(2)3)30(39)26(19-27(33)37)35-31(40)41-32(4,5)6/h8-18,20,26,28H,7,19H2,1-6H3,(H2,33,37)(H,34,38)(H,35,40). The number of aryl methyl sites for hydroxylation is 1. The van der Waals surface area contributed by atoms with Crippen LogP contribution in [0, 0.1) is 0 Å². The maximum absolute atomic E-state index is 14.1. The highest BCUT2D eigenvalue weighted by Crippen LogP contribution is 2.28. The Morgan fingerprint density at radius 2 is 1.56 bits per heavy atom. The second kappa shape index (κ2) is 13.3. The van der Waals surface area contributed by atoms with Crippen molar-refractivity contribution in [2.24, 2.45) is 5.73 Å². The van der Waals surface area contributed by atoms with Gasteiger partial charge in [0.2, 0.25) is 11.8 Å². The predicted octanol–water partition coefficient (Wildman–Crippen LogP) is 5.09. The topological polar surface area (TPSA) is 131 Å². The first-order chi connectivity index (χ1) is 19.3. The molecule has 41 heavy (non-hydrogen) atoms. The van der Waals surface area contributed by atoms with Crippen LogP contribution in [0.4, 0.5) is 10.5 Å². The number of primary amides is 1. The number of fused-ring (bicyclic) bond motifs is 1. The quantitative estimate of drug-likeness (QED) is 0.318. The van der Waals surface area contributed by atoms with Crippen molar-refractivity contribution in [2.45, 2.75) is 78.1 Å². The molecule has 0 aromatic heterocycles. The van der Waals surface area contributed by atoms with Gasteiger partial charge < -0.3 is 26.0 Å². The Labute approximate surface area is 241 Å². The Balaban J connectivity index is 2.03. The summed E-state index contributed by atoms with van der Waals surface area (Å²) in [7, 11) is 0. The van der Waals surface area contributed by atoms with Crippen molar-refractivity contribution >= 4 is 40.3 Å². The maximum atomic E-state index is 14.1. The van der Waals surface area contributed by atoms with Gasteiger partial charge in [-0.1, -0.05) is 61.5 Å². The van der Waals surface area contributed by atoms with Crippen LogP contribution in [0.15, 0.2) is 66.7 Å². The number of amides is 4. The van der Waals surface area contributed by atoms with Crippen LogP contribution in [0.5, 0.6) is 0 Å². The van der Waals surface area contributed by atoms with Crippen molar-refractivity contribution in [2.75, 3.05) is 5.32 Å². The minimum atomic E-state index is -1.34. The van der Waals surface area contributed by atoms with Gasteiger partial charge in [-0.25, -0.2) is 4.79 Å². The molecule has 9 nitrogen and oxygen atoms in total. The van der Waals surface area contributed by atoms with E-state index in [1.165, 1.54) is 4.90 Å². The molecule has 3 aromatic carbocycles. The average Bonchev–Trinajstić information content (AvgIpc) is 2.89. The van der Waals surface area contributed by atoms with E-state index in [9.17, 15) is 19.2 Å². The lowest BCUT2D eigenvalue weighted by atomic mass is 9.98. The highest BCUT2D eigenvalue weighted by Gasteiger charge is 2.38. The molecule has 0 radical (unpaired) electrons. The third-order valence-corrected chi connectivity index (χ3v) is 6.45. The smallest absolute Gasteiger partial charge is 0.408 e. The number of nitrogens with one attached hydrogen (secondary N) is 2. The minimum absolute atomic E-state index is 0.443. The number of nitrogens with zero attached hydrogens (tertiary/aromatic N) is 1. The van der Waals surface area contributed by atoms with Gasteiger partial charge in [-0.15, -0.1) is 0 Å². The zero-order valence-electron chi connectivity index (χ0n) is 24.6. The second-order valence-electron chi connectivity index (χ2n) is 11.3. The molecule has 0 aliphatic rings. The van der Waals surface area contributed by atoms with Crippen LogP contribution in [0.25, 0.3) is 10.8 Å². The van der Waals surface area contributed by atoms with E-state index in [0.717, 1.165) is 22.8 Å². The molecule has 2 unspecified atom stereocenters. The lowest BCUT2D eigenvalue weighted by molar-refractivity contribution is -0.143. The van der Waals surface area contributed by atoms with Crippen molar-refractivity contribution < 1.29 is 23.9 Å². The van der Waals surface area contributed by atoms with E-state index in [-0.39, 0.29) is 0 Å². The van der Waals surface area contributed by atoms with Gasteiger partial charge in [0.15, 0.2) is 0 Å². The van der Waals surface area contributed by atoms with E-state index in [1.807, 2.05) is 67.6 Å². The van der Waals surface area contributed by atoms with E-state index in [0.29, 0.717) is 11.3 Å². The lowest BCUT2D eigenvalue weighted by Gasteiger charge is -2.37. The first-order valence-electron chi connectivity index (χ1n) is 13.8. The van der Waals surface area contributed by atoms with Crippen molar-refractivity contribution in [3.8, 4) is 0 Å². The van der Waals surface area contributed by atoms with Crippen LogP contribution in [-0.4, -0.2) is 46.4 Å². The summed E-state index contributed by atoms with van der Waals surface area (Å²) in [5.41, 5.74) is 6.85. The number of anilines is 1. The molecule has 2 atom stereocenters. The van der Waals surface area contributed by atoms with Gasteiger partial charge in [-0.05, 0) is 75.1 Å². The molecule has 0 aliphatic heterocycles. The molecule has 0 saturated heterocycles. The second-order valence-corrected chi connectivity index (χ2v) is 11.3. The molecular formula is C32H40N4O5. The Morgan fingerprint density at radius 1 is 0.927 bits per heavy atom. The monoisotopic (exact) mass is 560 g/mol. The molecule has 218 valence electrons. The van der Waals surface area contributed by atoms with Crippen molar-refractivity contribution in [1.29, 1.82) is 0 Å². The van der Waals surface area contributed by atoms with Gasteiger partial charge in [0.1, 0.15) is 17.7 Å². The number of nitrogens with two attached hydrogens (primary N) is 1. The number of ether oxygens (including phenoxy) is 1. The van der Waals surface area contributed by atoms with Crippen LogP contribution in [0.1, 0.15) is 65.1 Å². The lowest BCUT2D eigenvalue weighted by Crippen LogP contribution is -2.55. The highest BCUT2D eigenvalue weighted by molar-refractivity contribution is 6.01. The van der Waals surface area contributed by atoms with Crippen LogP contribution >= 0.6 is 0 Å². The number of alkyl carbamates (subject to hydrolysis) is 1. The van der Waals surface area contributed by atoms with Gasteiger partial charge in [0.25, 0.3) is 5.91 Å². The molecule has 0 heterocycles. The SMILES string of the molecule is CCc1ccc(C(C(=O)Nc2ccc3ccccc3c2)N(C(=O)C(CC(N)=O)NC(=O)OC(C)(C)C)C(C)C)cc1. The van der Waals surface area contributed by atoms with Gasteiger partial charge in [-0.2, -0.15) is 0 Å². The molecule has 9 heteroatoms. The summed E-state index contributed by atoms with van der Waals surface area (Å²) in [5, 5.41) is 7.43. The van der Waals surface area contributed by atoms with E-state index in [2.05, 4.69) is 10.6 Å². The van der Waals surface area contributed by atoms with Crippen LogP contribution < -0.4 is 16.4 Å². The summed E-state index contributed by atoms with van der Waals surface area (Å²) in [6.07, 6.45) is -0.526. The number of rotatable bonds is 10. The zero-order chi connectivity index (χ0) is 30.3. The van der Waals surface area contributed by atoms with E-state index in [4.69, 9.17) is 10.5 Å². The third kappa shape index (κ3) is 8.54. The molecule has 3 rings (SSSR count). The summed E-state index contributed by atoms with van der Waals surface area (Å²) in [5.74, 6) is -1.86. The number of benzene rings is 3. The molecule has 0 fully saturated rings. The first kappa shape index (κ1) is 31.1. The van der Waals surface area contributed by atoms with Crippen LogP contribution in [0.3, 0.4) is 0 Å². The molecule has 0 saturated carbocycles. The normalized spacial score (nSPS) is 12.9. The molecule has 0 bridgehead atoms. The molecule has 0 spiro atoms. The zero-order valence-corrected chi connectivity index (χ0v) is 24.6. The van der Waals surface area contributed by atoms with Crippen molar-refractivity contribution in [3.05, 3.63) is 77.9 Å². The van der Waals surface area contributed by atoms with Crippen LogP contribution in [0.2, 0.25) is 0 Å². The molecular weight excluding hydrogens is 520 g/mol. The molecule has 4 N–H and O–H groups in total. The Bertz CT molecular complexity index is 1400. The van der Waals surface area contributed by atoms with Crippen molar-refractivity contribution in [3.63, 3.8) is 0 Å². The fourth-order valence-electron chi connectivity index (χ4n) is 4.56. The number of hydrogen-bond donors (Lipinski definition) is 3. The Kier molecular flexibility index (Phi) is 10.1. The summed E-state index contributed by atoms with van der Waals surface area (Å²) < 4.78 is 5.32. The molecule has 0 aliphatic carbocycles. The fraction of sp³-hybridized carbons (Fsp3) is 0.375.